The van der Waals surface area contributed by atoms with E-state index in [4.69, 9.17) is 0 Å². The number of amides is 2. The molecule has 0 bridgehead atoms. The van der Waals surface area contributed by atoms with Crippen LogP contribution in [0.25, 0.3) is 32.3 Å². The van der Waals surface area contributed by atoms with Crippen LogP contribution in [-0.2, 0) is 15.9 Å². The zero-order chi connectivity index (χ0) is 34.1. The largest absolute Gasteiger partial charge is 0.342 e. The number of rotatable bonds is 8. The van der Waals surface area contributed by atoms with E-state index in [2.05, 4.69) is 10.2 Å². The number of anilines is 1. The fraction of sp³-hybridized carbons (Fsp3) is 0.200. The van der Waals surface area contributed by atoms with Gasteiger partial charge in [-0.25, -0.2) is 0 Å². The monoisotopic (exact) mass is 671 g/mol. The third-order valence-electron chi connectivity index (χ3n) is 9.72. The molecular formula is C40H38N3O5P. The number of hydrogen-bond acceptors (Lipinski definition) is 4. The van der Waals surface area contributed by atoms with E-state index < -0.39 is 19.2 Å². The number of carbonyl (C=O) groups excluding carboxylic acids is 2. The van der Waals surface area contributed by atoms with Gasteiger partial charge >= 0.3 is 7.60 Å². The number of nitrogens with one attached hydrogen (secondary N) is 1. The first-order chi connectivity index (χ1) is 23.7. The van der Waals surface area contributed by atoms with Crippen LogP contribution in [0.3, 0.4) is 0 Å². The smallest absolute Gasteiger partial charge is 0.339 e. The van der Waals surface area contributed by atoms with E-state index in [0.717, 1.165) is 45.3 Å². The third-order valence-corrected chi connectivity index (χ3v) is 10.9. The molecule has 7 rings (SSSR count). The minimum atomic E-state index is -4.91. The van der Waals surface area contributed by atoms with Crippen molar-refractivity contribution in [3.8, 4) is 0 Å². The van der Waals surface area contributed by atoms with E-state index in [1.807, 2.05) is 109 Å². The van der Waals surface area contributed by atoms with Crippen molar-refractivity contribution in [2.45, 2.75) is 31.1 Å². The van der Waals surface area contributed by atoms with Gasteiger partial charge in [0.25, 0.3) is 5.91 Å². The molecule has 1 unspecified atom stereocenters. The van der Waals surface area contributed by atoms with E-state index in [-0.39, 0.29) is 17.5 Å². The predicted molar refractivity (Wildman–Crippen MR) is 196 cm³/mol. The second-order valence-electron chi connectivity index (χ2n) is 12.9. The Kier molecular flexibility index (Phi) is 9.05. The van der Waals surface area contributed by atoms with Crippen molar-refractivity contribution in [1.29, 1.82) is 0 Å². The molecule has 2 amide bonds. The summed E-state index contributed by atoms with van der Waals surface area (Å²) in [6.45, 7) is 1.77. The summed E-state index contributed by atoms with van der Waals surface area (Å²) in [5.74, 6) is -0.721. The quantitative estimate of drug-likeness (QED) is 0.143. The van der Waals surface area contributed by atoms with Crippen molar-refractivity contribution in [3.63, 3.8) is 0 Å². The van der Waals surface area contributed by atoms with Crippen LogP contribution in [-0.4, -0.2) is 57.6 Å². The molecule has 0 spiro atoms. The molecule has 1 atom stereocenters. The highest BCUT2D eigenvalue weighted by molar-refractivity contribution is 7.53. The van der Waals surface area contributed by atoms with E-state index in [9.17, 15) is 23.9 Å². The summed E-state index contributed by atoms with van der Waals surface area (Å²) in [4.78, 5) is 52.5. The zero-order valence-electron chi connectivity index (χ0n) is 27.2. The highest BCUT2D eigenvalue weighted by Crippen LogP contribution is 2.53. The number of likely N-dealkylation sites (tertiary alicyclic amines) is 1. The van der Waals surface area contributed by atoms with Gasteiger partial charge in [-0.15, -0.1) is 0 Å². The summed E-state index contributed by atoms with van der Waals surface area (Å²) < 4.78 is 12.9. The lowest BCUT2D eigenvalue weighted by Crippen LogP contribution is -2.45. The Bertz CT molecular complexity index is 2240. The molecule has 1 aliphatic rings. The third kappa shape index (κ3) is 6.87. The summed E-state index contributed by atoms with van der Waals surface area (Å²) in [6, 6.07) is 38.3. The molecule has 6 aromatic carbocycles. The lowest BCUT2D eigenvalue weighted by molar-refractivity contribution is -0.116. The molecular weight excluding hydrogens is 633 g/mol. The normalized spacial score (nSPS) is 14.8. The van der Waals surface area contributed by atoms with Crippen LogP contribution in [0.5, 0.6) is 0 Å². The van der Waals surface area contributed by atoms with Gasteiger partial charge in [0, 0.05) is 36.9 Å². The Morgan fingerprint density at radius 2 is 1.37 bits per heavy atom. The average molecular weight is 672 g/mol. The standard InChI is InChI=1S/C40H38N3O5P/c1-42(34-19-21-43(22-20-34)40(45)32-18-17-27-9-2-3-11-29(27)23-32)26-33-24-30-12-4-5-13-31(30)25-37(33)41-39(44)38(49(46,47)48)36-16-8-14-28-10-6-7-15-35(28)36/h2-18,23-25,34,38H,19-22,26H2,1H3,(H,41,44)(H2,46,47,48). The average Bonchev–Trinajstić information content (AvgIpc) is 3.11. The minimum Gasteiger partial charge on any atom is -0.339 e. The van der Waals surface area contributed by atoms with Crippen LogP contribution in [0, 0.1) is 0 Å². The first-order valence-corrected chi connectivity index (χ1v) is 18.2. The molecule has 1 saturated heterocycles. The van der Waals surface area contributed by atoms with E-state index in [0.29, 0.717) is 36.3 Å². The summed E-state index contributed by atoms with van der Waals surface area (Å²) >= 11 is 0. The number of benzene rings is 6. The topological polar surface area (TPSA) is 110 Å². The first kappa shape index (κ1) is 32.7. The van der Waals surface area contributed by atoms with Crippen LogP contribution in [0.2, 0.25) is 0 Å². The number of hydrogen-bond donors (Lipinski definition) is 3. The lowest BCUT2D eigenvalue weighted by atomic mass is 9.99. The van der Waals surface area contributed by atoms with Crippen molar-refractivity contribution < 1.29 is 23.9 Å². The molecule has 6 aromatic rings. The molecule has 0 aliphatic carbocycles. The van der Waals surface area contributed by atoms with Crippen molar-refractivity contribution in [2.75, 3.05) is 25.5 Å². The maximum absolute atomic E-state index is 13.9. The lowest BCUT2D eigenvalue weighted by Gasteiger charge is -2.37. The van der Waals surface area contributed by atoms with Crippen molar-refractivity contribution in [2.24, 2.45) is 0 Å². The van der Waals surface area contributed by atoms with Gasteiger partial charge < -0.3 is 20.0 Å². The second kappa shape index (κ2) is 13.6. The van der Waals surface area contributed by atoms with E-state index >= 15 is 0 Å². The first-order valence-electron chi connectivity index (χ1n) is 16.5. The van der Waals surface area contributed by atoms with Gasteiger partial charge in [0.1, 0.15) is 0 Å². The van der Waals surface area contributed by atoms with Crippen LogP contribution >= 0.6 is 7.60 Å². The SMILES string of the molecule is CN(Cc1cc2ccccc2cc1NC(=O)C(c1cccc2ccccc12)P(=O)(O)O)C1CCN(C(=O)c2ccc3ccccc3c2)CC1. The van der Waals surface area contributed by atoms with Crippen LogP contribution in [0.1, 0.15) is 40.0 Å². The molecule has 3 N–H and O–H groups in total. The van der Waals surface area contributed by atoms with Gasteiger partial charge in [-0.3, -0.25) is 19.1 Å². The van der Waals surface area contributed by atoms with Gasteiger partial charge in [0.2, 0.25) is 5.91 Å². The highest BCUT2D eigenvalue weighted by atomic mass is 31.2. The summed E-state index contributed by atoms with van der Waals surface area (Å²) in [5, 5.41) is 8.40. The Morgan fingerprint density at radius 1 is 0.776 bits per heavy atom. The molecule has 248 valence electrons. The van der Waals surface area contributed by atoms with Gasteiger partial charge in [-0.2, -0.15) is 0 Å². The van der Waals surface area contributed by atoms with E-state index in [1.54, 1.807) is 24.3 Å². The molecule has 8 nitrogen and oxygen atoms in total. The fourth-order valence-corrected chi connectivity index (χ4v) is 8.07. The van der Waals surface area contributed by atoms with E-state index in [1.165, 1.54) is 0 Å². The van der Waals surface area contributed by atoms with Gasteiger partial charge in [-0.05, 0) is 87.6 Å². The Labute approximate surface area is 285 Å². The van der Waals surface area contributed by atoms with Crippen LogP contribution < -0.4 is 5.32 Å². The molecule has 1 fully saturated rings. The summed E-state index contributed by atoms with van der Waals surface area (Å²) in [5.41, 5.74) is 0.650. The Balaban J connectivity index is 1.10. The van der Waals surface area contributed by atoms with Crippen LogP contribution in [0.15, 0.2) is 121 Å². The summed E-state index contributed by atoms with van der Waals surface area (Å²) in [6.07, 6.45) is 1.60. The predicted octanol–water partition coefficient (Wildman–Crippen LogP) is 7.74. The molecule has 49 heavy (non-hydrogen) atoms. The van der Waals surface area contributed by atoms with Crippen molar-refractivity contribution in [3.05, 3.63) is 138 Å². The highest BCUT2D eigenvalue weighted by Gasteiger charge is 2.38. The zero-order valence-corrected chi connectivity index (χ0v) is 28.1. The van der Waals surface area contributed by atoms with Gasteiger partial charge in [0.15, 0.2) is 5.66 Å². The van der Waals surface area contributed by atoms with Gasteiger partial charge in [-0.1, -0.05) is 97.1 Å². The fourth-order valence-electron chi connectivity index (χ4n) is 7.11. The maximum Gasteiger partial charge on any atom is 0.342 e. The minimum absolute atomic E-state index is 0.0391. The number of fused-ring (bicyclic) bond motifs is 3. The number of piperidine rings is 1. The van der Waals surface area contributed by atoms with Gasteiger partial charge in [0.05, 0.1) is 0 Å². The number of nitrogens with zero attached hydrogens (tertiary/aromatic N) is 2. The van der Waals surface area contributed by atoms with Crippen molar-refractivity contribution in [1.82, 2.24) is 9.80 Å². The molecule has 1 aliphatic heterocycles. The summed E-state index contributed by atoms with van der Waals surface area (Å²) in [7, 11) is -2.87. The van der Waals surface area contributed by atoms with Crippen LogP contribution in [0.4, 0.5) is 5.69 Å². The molecule has 0 radical (unpaired) electrons. The van der Waals surface area contributed by atoms with Crippen molar-refractivity contribution >= 4 is 57.4 Å². The molecule has 0 saturated carbocycles. The maximum atomic E-state index is 13.9. The Morgan fingerprint density at radius 3 is 2.06 bits per heavy atom. The molecule has 1 heterocycles. The molecule has 9 heteroatoms. The Hall–Kier alpha value is -4.85. The number of carbonyl (C=O) groups is 2. The second-order valence-corrected chi connectivity index (χ2v) is 14.6. The molecule has 0 aromatic heterocycles.